The van der Waals surface area contributed by atoms with Gasteiger partial charge in [0.2, 0.25) is 5.13 Å². The molecule has 1 aromatic heterocycles. The van der Waals surface area contributed by atoms with Gasteiger partial charge in [-0.15, -0.1) is 10.2 Å². The van der Waals surface area contributed by atoms with Crippen LogP contribution in [0.1, 0.15) is 38.3 Å². The van der Waals surface area contributed by atoms with Gasteiger partial charge in [0.25, 0.3) is 0 Å². The number of hydrogen-bond acceptors (Lipinski definition) is 5. The van der Waals surface area contributed by atoms with Gasteiger partial charge in [0.15, 0.2) is 0 Å². The number of aromatic nitrogens is 2. The summed E-state index contributed by atoms with van der Waals surface area (Å²) in [4.78, 5) is 2.25. The predicted molar refractivity (Wildman–Crippen MR) is 90.6 cm³/mol. The minimum Gasteiger partial charge on any atom is -0.366 e. The molecule has 2 heterocycles. The van der Waals surface area contributed by atoms with E-state index in [1.54, 1.807) is 23.5 Å². The molecule has 1 aromatic carbocycles. The van der Waals surface area contributed by atoms with Crippen LogP contribution in [0, 0.1) is 5.82 Å². The third-order valence-electron chi connectivity index (χ3n) is 3.69. The molecule has 1 saturated heterocycles. The van der Waals surface area contributed by atoms with E-state index in [-0.39, 0.29) is 17.0 Å². The summed E-state index contributed by atoms with van der Waals surface area (Å²) in [6.45, 7) is 9.98. The maximum atomic E-state index is 13.0. The Morgan fingerprint density at radius 3 is 2.30 bits per heavy atom. The van der Waals surface area contributed by atoms with Crippen molar-refractivity contribution in [1.82, 2.24) is 10.2 Å². The van der Waals surface area contributed by atoms with Gasteiger partial charge in [-0.25, -0.2) is 4.39 Å². The molecule has 0 saturated carbocycles. The van der Waals surface area contributed by atoms with Crippen molar-refractivity contribution in [2.75, 3.05) is 18.0 Å². The molecule has 2 aromatic rings. The summed E-state index contributed by atoms with van der Waals surface area (Å²) < 4.78 is 19.1. The monoisotopic (exact) mass is 335 g/mol. The van der Waals surface area contributed by atoms with Gasteiger partial charge in [0.1, 0.15) is 10.8 Å². The fraction of sp³-hybridized carbons (Fsp3) is 0.529. The Labute approximate surface area is 140 Å². The first-order chi connectivity index (χ1) is 10.7. The van der Waals surface area contributed by atoms with Crippen molar-refractivity contribution in [2.24, 2.45) is 0 Å². The molecule has 0 unspecified atom stereocenters. The number of rotatable bonds is 3. The fourth-order valence-electron chi connectivity index (χ4n) is 3.14. The van der Waals surface area contributed by atoms with Gasteiger partial charge in [-0.3, -0.25) is 0 Å². The van der Waals surface area contributed by atoms with E-state index in [1.165, 1.54) is 12.1 Å². The second kappa shape index (κ2) is 5.83. The Bertz CT molecular complexity index is 665. The number of morpholine rings is 1. The normalized spacial score (nSPS) is 19.8. The number of benzene rings is 1. The Balaban J connectivity index is 1.75. The predicted octanol–water partition coefficient (Wildman–Crippen LogP) is 3.66. The zero-order valence-corrected chi connectivity index (χ0v) is 14.8. The highest BCUT2D eigenvalue weighted by Crippen LogP contribution is 2.33. The highest BCUT2D eigenvalue weighted by atomic mass is 32.1. The standard InChI is InChI=1S/C17H22FN3OS/c1-16(2)10-21(11-17(3,4)22-16)15-20-19-14(23-15)9-12-5-7-13(18)8-6-12/h5-8H,9-11H2,1-4H3. The summed E-state index contributed by atoms with van der Waals surface area (Å²) in [6.07, 6.45) is 0.676. The fourth-order valence-corrected chi connectivity index (χ4v) is 4.01. The molecule has 6 heteroatoms. The highest BCUT2D eigenvalue weighted by Gasteiger charge is 2.39. The lowest BCUT2D eigenvalue weighted by Crippen LogP contribution is -2.57. The van der Waals surface area contributed by atoms with E-state index < -0.39 is 0 Å². The molecule has 3 rings (SSSR count). The van der Waals surface area contributed by atoms with E-state index in [1.807, 2.05) is 0 Å². The number of ether oxygens (including phenoxy) is 1. The zero-order valence-electron chi connectivity index (χ0n) is 14.0. The maximum Gasteiger partial charge on any atom is 0.208 e. The number of anilines is 1. The average molecular weight is 335 g/mol. The quantitative estimate of drug-likeness (QED) is 0.858. The Morgan fingerprint density at radius 2 is 1.70 bits per heavy atom. The van der Waals surface area contributed by atoms with Gasteiger partial charge in [0, 0.05) is 19.5 Å². The number of halogens is 1. The van der Waals surface area contributed by atoms with E-state index in [0.717, 1.165) is 28.8 Å². The van der Waals surface area contributed by atoms with Crippen LogP contribution in [-0.4, -0.2) is 34.5 Å². The second-order valence-corrected chi connectivity index (χ2v) is 8.30. The molecule has 0 aliphatic carbocycles. The molecule has 0 atom stereocenters. The smallest absolute Gasteiger partial charge is 0.208 e. The molecule has 0 N–H and O–H groups in total. The van der Waals surface area contributed by atoms with Crippen LogP contribution in [0.5, 0.6) is 0 Å². The van der Waals surface area contributed by atoms with Gasteiger partial charge >= 0.3 is 0 Å². The summed E-state index contributed by atoms with van der Waals surface area (Å²) in [7, 11) is 0. The molecule has 0 bridgehead atoms. The lowest BCUT2D eigenvalue weighted by Gasteiger charge is -2.46. The summed E-state index contributed by atoms with van der Waals surface area (Å²) in [6, 6.07) is 6.53. The highest BCUT2D eigenvalue weighted by molar-refractivity contribution is 7.15. The van der Waals surface area contributed by atoms with Gasteiger partial charge in [-0.1, -0.05) is 23.5 Å². The maximum absolute atomic E-state index is 13.0. The average Bonchev–Trinajstić information content (AvgIpc) is 2.86. The van der Waals surface area contributed by atoms with E-state index in [0.29, 0.717) is 6.42 Å². The van der Waals surface area contributed by atoms with Crippen molar-refractivity contribution < 1.29 is 9.13 Å². The minimum absolute atomic E-state index is 0.218. The molecule has 1 aliphatic heterocycles. The van der Waals surface area contributed by atoms with Crippen molar-refractivity contribution in [3.05, 3.63) is 40.7 Å². The second-order valence-electron chi connectivity index (χ2n) is 7.26. The first-order valence-electron chi connectivity index (χ1n) is 7.74. The third kappa shape index (κ3) is 4.06. The van der Waals surface area contributed by atoms with Crippen molar-refractivity contribution in [1.29, 1.82) is 0 Å². The van der Waals surface area contributed by atoms with E-state index in [9.17, 15) is 4.39 Å². The topological polar surface area (TPSA) is 38.2 Å². The van der Waals surface area contributed by atoms with Crippen LogP contribution in [0.2, 0.25) is 0 Å². The molecular formula is C17H22FN3OS. The lowest BCUT2D eigenvalue weighted by molar-refractivity contribution is -0.133. The molecule has 0 amide bonds. The van der Waals surface area contributed by atoms with Gasteiger partial charge in [0.05, 0.1) is 11.2 Å². The van der Waals surface area contributed by atoms with E-state index in [2.05, 4.69) is 42.8 Å². The molecular weight excluding hydrogens is 313 g/mol. The molecule has 23 heavy (non-hydrogen) atoms. The van der Waals surface area contributed by atoms with Gasteiger partial charge in [-0.05, 0) is 45.4 Å². The van der Waals surface area contributed by atoms with Crippen LogP contribution in [-0.2, 0) is 11.2 Å². The summed E-state index contributed by atoms with van der Waals surface area (Å²) in [5.74, 6) is -0.218. The van der Waals surface area contributed by atoms with Crippen molar-refractivity contribution >= 4 is 16.5 Å². The summed E-state index contributed by atoms with van der Waals surface area (Å²) in [5.41, 5.74) is 0.603. The Kier molecular flexibility index (Phi) is 4.14. The van der Waals surface area contributed by atoms with Crippen molar-refractivity contribution in [3.8, 4) is 0 Å². The Morgan fingerprint density at radius 1 is 1.09 bits per heavy atom. The molecule has 1 fully saturated rings. The first kappa shape index (κ1) is 16.3. The number of nitrogens with zero attached hydrogens (tertiary/aromatic N) is 3. The largest absolute Gasteiger partial charge is 0.366 e. The number of hydrogen-bond donors (Lipinski definition) is 0. The summed E-state index contributed by atoms with van der Waals surface area (Å²) in [5, 5.41) is 10.5. The molecule has 4 nitrogen and oxygen atoms in total. The van der Waals surface area contributed by atoms with Crippen LogP contribution >= 0.6 is 11.3 Å². The van der Waals surface area contributed by atoms with Crippen LogP contribution in [0.3, 0.4) is 0 Å². The lowest BCUT2D eigenvalue weighted by atomic mass is 9.99. The minimum atomic E-state index is -0.218. The van der Waals surface area contributed by atoms with Gasteiger partial charge in [-0.2, -0.15) is 0 Å². The molecule has 124 valence electrons. The zero-order chi connectivity index (χ0) is 16.7. The Hall–Kier alpha value is -1.53. The van der Waals surface area contributed by atoms with Crippen molar-refractivity contribution in [3.63, 3.8) is 0 Å². The van der Waals surface area contributed by atoms with Crippen LogP contribution in [0.4, 0.5) is 9.52 Å². The molecule has 0 spiro atoms. The molecule has 0 radical (unpaired) electrons. The third-order valence-corrected chi connectivity index (χ3v) is 4.68. The van der Waals surface area contributed by atoms with Crippen LogP contribution in [0.15, 0.2) is 24.3 Å². The van der Waals surface area contributed by atoms with Crippen LogP contribution < -0.4 is 4.90 Å². The van der Waals surface area contributed by atoms with E-state index in [4.69, 9.17) is 4.74 Å². The first-order valence-corrected chi connectivity index (χ1v) is 8.56. The van der Waals surface area contributed by atoms with Gasteiger partial charge < -0.3 is 9.64 Å². The van der Waals surface area contributed by atoms with Crippen LogP contribution in [0.25, 0.3) is 0 Å². The summed E-state index contributed by atoms with van der Waals surface area (Å²) >= 11 is 1.59. The molecule has 1 aliphatic rings. The van der Waals surface area contributed by atoms with Crippen molar-refractivity contribution in [2.45, 2.75) is 45.3 Å². The van der Waals surface area contributed by atoms with E-state index >= 15 is 0 Å². The SMILES string of the molecule is CC1(C)CN(c2nnc(Cc3ccc(F)cc3)s2)CC(C)(C)O1.